The average Bonchev–Trinajstić information content (AvgIpc) is 2.23. The third-order valence-corrected chi connectivity index (χ3v) is 1.34. The normalized spacial score (nSPS) is 12.3. The van der Waals surface area contributed by atoms with Crippen LogP contribution in [0.1, 0.15) is 61.3 Å². The summed E-state index contributed by atoms with van der Waals surface area (Å²) < 4.78 is 0. The van der Waals surface area contributed by atoms with Crippen molar-refractivity contribution in [2.45, 2.75) is 78.8 Å². The molecule has 0 radical (unpaired) electrons. The maximum Gasteiger partial charge on any atom is 0.224 e. The predicted molar refractivity (Wildman–Crippen MR) is 67.8 cm³/mol. The van der Waals surface area contributed by atoms with Crippen molar-refractivity contribution in [1.82, 2.24) is 0 Å². The Morgan fingerprint density at radius 1 is 0.833 bits per heavy atom. The molecule has 0 amide bonds. The number of rotatable bonds is 6. The van der Waals surface area contributed by atoms with Crippen LogP contribution in [0.25, 0.3) is 0 Å². The van der Waals surface area contributed by atoms with Gasteiger partial charge in [-0.2, -0.15) is 0 Å². The summed E-state index contributed by atoms with van der Waals surface area (Å²) in [5.74, 6) is 0. The van der Waals surface area contributed by atoms with E-state index in [0.29, 0.717) is 0 Å². The molecule has 0 fully saturated rings. The Balaban J connectivity index is 0. The van der Waals surface area contributed by atoms with Crippen molar-refractivity contribution in [3.05, 3.63) is 0 Å². The standard InChI is InChI=1S/C12H26O4.H2O2/c1-8-9-10(13-15-11(2,3)4)14-16-12(5,6)7;1-2/h10H,8-9H2,1-7H3;1-2H. The van der Waals surface area contributed by atoms with Crippen LogP contribution in [0.2, 0.25) is 0 Å². The summed E-state index contributed by atoms with van der Waals surface area (Å²) in [4.78, 5) is 20.8. The highest BCUT2D eigenvalue weighted by atomic mass is 17.3. The first kappa shape index (κ1) is 20.1. The molecule has 0 saturated carbocycles. The van der Waals surface area contributed by atoms with Crippen molar-refractivity contribution in [3.8, 4) is 0 Å². The lowest BCUT2D eigenvalue weighted by Crippen LogP contribution is -2.29. The first-order valence-electron chi connectivity index (χ1n) is 6.03. The molecule has 6 heteroatoms. The van der Waals surface area contributed by atoms with E-state index in [-0.39, 0.29) is 11.2 Å². The molecule has 0 aromatic carbocycles. The van der Waals surface area contributed by atoms with Crippen LogP contribution in [0.15, 0.2) is 0 Å². The van der Waals surface area contributed by atoms with Crippen molar-refractivity contribution < 1.29 is 30.1 Å². The molecule has 0 aliphatic rings. The zero-order valence-corrected chi connectivity index (χ0v) is 12.5. The molecule has 0 atom stereocenters. The van der Waals surface area contributed by atoms with Crippen LogP contribution in [0.5, 0.6) is 0 Å². The van der Waals surface area contributed by atoms with Gasteiger partial charge in [-0.3, -0.25) is 10.5 Å². The molecular formula is C12H28O6. The second-order valence-corrected chi connectivity index (χ2v) is 5.80. The highest BCUT2D eigenvalue weighted by Gasteiger charge is 2.20. The van der Waals surface area contributed by atoms with Crippen molar-refractivity contribution in [1.29, 1.82) is 0 Å². The molecule has 18 heavy (non-hydrogen) atoms. The van der Waals surface area contributed by atoms with Crippen molar-refractivity contribution in [3.63, 3.8) is 0 Å². The van der Waals surface area contributed by atoms with Gasteiger partial charge in [0.05, 0.1) is 11.2 Å². The molecule has 0 aliphatic heterocycles. The minimum absolute atomic E-state index is 0.350. The predicted octanol–water partition coefficient (Wildman–Crippen LogP) is 3.62. The highest BCUT2D eigenvalue weighted by molar-refractivity contribution is 4.56. The summed E-state index contributed by atoms with van der Waals surface area (Å²) in [6.07, 6.45) is 1.18. The Morgan fingerprint density at radius 3 is 1.39 bits per heavy atom. The monoisotopic (exact) mass is 268 g/mol. The zero-order valence-electron chi connectivity index (χ0n) is 12.5. The van der Waals surface area contributed by atoms with E-state index in [2.05, 4.69) is 0 Å². The van der Waals surface area contributed by atoms with Gasteiger partial charge in [0, 0.05) is 6.42 Å². The molecule has 6 nitrogen and oxygen atoms in total. The topological polar surface area (TPSA) is 77.4 Å². The van der Waals surface area contributed by atoms with E-state index in [1.807, 2.05) is 48.5 Å². The Labute approximate surface area is 110 Å². The molecule has 0 rings (SSSR count). The zero-order chi connectivity index (χ0) is 14.8. The minimum atomic E-state index is -0.483. The van der Waals surface area contributed by atoms with Gasteiger partial charge < -0.3 is 0 Å². The van der Waals surface area contributed by atoms with E-state index in [9.17, 15) is 0 Å². The fourth-order valence-electron chi connectivity index (χ4n) is 0.744. The quantitative estimate of drug-likeness (QED) is 0.435. The fourth-order valence-corrected chi connectivity index (χ4v) is 0.744. The number of hydrogen-bond acceptors (Lipinski definition) is 6. The molecule has 2 N–H and O–H groups in total. The van der Waals surface area contributed by atoms with Crippen LogP contribution >= 0.6 is 0 Å². The summed E-state index contributed by atoms with van der Waals surface area (Å²) >= 11 is 0. The molecule has 0 heterocycles. The van der Waals surface area contributed by atoms with Gasteiger partial charge in [0.25, 0.3) is 0 Å². The van der Waals surface area contributed by atoms with Crippen molar-refractivity contribution in [2.24, 2.45) is 0 Å². The first-order valence-corrected chi connectivity index (χ1v) is 6.03. The average molecular weight is 268 g/mol. The second-order valence-electron chi connectivity index (χ2n) is 5.80. The molecule has 0 aromatic heterocycles. The van der Waals surface area contributed by atoms with Gasteiger partial charge in [-0.15, -0.1) is 0 Å². The van der Waals surface area contributed by atoms with E-state index in [0.717, 1.165) is 12.8 Å². The van der Waals surface area contributed by atoms with E-state index in [1.54, 1.807) is 0 Å². The Morgan fingerprint density at radius 2 is 1.17 bits per heavy atom. The van der Waals surface area contributed by atoms with Crippen LogP contribution in [-0.4, -0.2) is 28.0 Å². The summed E-state index contributed by atoms with van der Waals surface area (Å²) in [6.45, 7) is 13.6. The Kier molecular flexibility index (Phi) is 10.8. The maximum absolute atomic E-state index is 6.00. The third-order valence-electron chi connectivity index (χ3n) is 1.34. The molecule has 0 aromatic rings. The second kappa shape index (κ2) is 9.66. The molecule has 0 spiro atoms. The summed E-state index contributed by atoms with van der Waals surface area (Å²) in [5, 5.41) is 12.0. The minimum Gasteiger partial charge on any atom is -0.255 e. The molecule has 0 bridgehead atoms. The molecule has 112 valence electrons. The summed E-state index contributed by atoms with van der Waals surface area (Å²) in [5.41, 5.74) is -0.700. The Hall–Kier alpha value is -0.240. The van der Waals surface area contributed by atoms with E-state index in [4.69, 9.17) is 30.1 Å². The van der Waals surface area contributed by atoms with Gasteiger partial charge in [0.1, 0.15) is 0 Å². The largest absolute Gasteiger partial charge is 0.255 e. The fraction of sp³-hybridized carbons (Fsp3) is 1.00. The lowest BCUT2D eigenvalue weighted by molar-refractivity contribution is -0.497. The van der Waals surface area contributed by atoms with Crippen molar-refractivity contribution in [2.75, 3.05) is 0 Å². The van der Waals surface area contributed by atoms with Gasteiger partial charge in [0.15, 0.2) is 0 Å². The molecule has 0 aliphatic carbocycles. The van der Waals surface area contributed by atoms with E-state index < -0.39 is 6.29 Å². The van der Waals surface area contributed by atoms with Crippen LogP contribution in [0.4, 0.5) is 0 Å². The summed E-state index contributed by atoms with van der Waals surface area (Å²) in [6, 6.07) is 0. The Bertz CT molecular complexity index is 164. The van der Waals surface area contributed by atoms with Crippen LogP contribution < -0.4 is 0 Å². The smallest absolute Gasteiger partial charge is 0.224 e. The van der Waals surface area contributed by atoms with E-state index >= 15 is 0 Å². The van der Waals surface area contributed by atoms with Crippen LogP contribution in [0, 0.1) is 0 Å². The summed E-state index contributed by atoms with van der Waals surface area (Å²) in [7, 11) is 0. The van der Waals surface area contributed by atoms with E-state index in [1.165, 1.54) is 0 Å². The van der Waals surface area contributed by atoms with Crippen LogP contribution in [-0.2, 0) is 19.6 Å². The lowest BCUT2D eigenvalue weighted by atomic mass is 10.2. The van der Waals surface area contributed by atoms with Gasteiger partial charge in [-0.05, 0) is 41.5 Å². The molecule has 0 unspecified atom stereocenters. The third kappa shape index (κ3) is 15.8. The van der Waals surface area contributed by atoms with Crippen molar-refractivity contribution >= 4 is 0 Å². The molecular weight excluding hydrogens is 240 g/mol. The first-order chi connectivity index (χ1) is 8.14. The number of hydrogen-bond donors (Lipinski definition) is 2. The molecule has 0 saturated heterocycles. The van der Waals surface area contributed by atoms with Gasteiger partial charge in [-0.25, -0.2) is 19.6 Å². The van der Waals surface area contributed by atoms with Gasteiger partial charge in [-0.1, -0.05) is 13.3 Å². The maximum atomic E-state index is 6.00. The highest BCUT2D eigenvalue weighted by Crippen LogP contribution is 2.16. The van der Waals surface area contributed by atoms with Gasteiger partial charge in [0.2, 0.25) is 6.29 Å². The lowest BCUT2D eigenvalue weighted by Gasteiger charge is -2.25. The SMILES string of the molecule is CCCC(OOC(C)(C)C)OOC(C)(C)C.OO. The van der Waals surface area contributed by atoms with Crippen LogP contribution in [0.3, 0.4) is 0 Å². The van der Waals surface area contributed by atoms with Gasteiger partial charge >= 0.3 is 0 Å².